The van der Waals surface area contributed by atoms with E-state index in [1.165, 1.54) is 11.3 Å². The molecule has 0 bridgehead atoms. The van der Waals surface area contributed by atoms with Gasteiger partial charge in [0.1, 0.15) is 12.4 Å². The number of hydrogen-bond acceptors (Lipinski definition) is 7. The van der Waals surface area contributed by atoms with E-state index in [2.05, 4.69) is 27.8 Å². The summed E-state index contributed by atoms with van der Waals surface area (Å²) in [4.78, 5) is 39.1. The van der Waals surface area contributed by atoms with Crippen molar-refractivity contribution in [2.75, 3.05) is 23.7 Å². The molecule has 0 radical (unpaired) electrons. The Balaban J connectivity index is 1.26. The molecule has 2 N–H and O–H groups in total. The quantitative estimate of drug-likeness (QED) is 0.398. The van der Waals surface area contributed by atoms with Gasteiger partial charge in [-0.2, -0.15) is 0 Å². The van der Waals surface area contributed by atoms with Crippen LogP contribution in [0.3, 0.4) is 0 Å². The number of amides is 3. The van der Waals surface area contributed by atoms with Crippen molar-refractivity contribution in [3.05, 3.63) is 64.1 Å². The first-order valence-electron chi connectivity index (χ1n) is 11.6. The van der Waals surface area contributed by atoms with E-state index in [0.29, 0.717) is 45.3 Å². The highest BCUT2D eigenvalue weighted by molar-refractivity contribution is 7.15. The SMILES string of the molecule is CCCCN1CC(C(=O)Nc2ccc(C(=O)Nc3nnc(COc4ccc(Cl)cc4)s3)cc2)CC1=O. The summed E-state index contributed by atoms with van der Waals surface area (Å²) in [6, 6.07) is 13.5. The first-order chi connectivity index (χ1) is 17.4. The van der Waals surface area contributed by atoms with Crippen molar-refractivity contribution in [2.24, 2.45) is 5.92 Å². The molecular weight excluding hydrogens is 502 g/mol. The van der Waals surface area contributed by atoms with Crippen LogP contribution in [0.1, 0.15) is 41.6 Å². The summed E-state index contributed by atoms with van der Waals surface area (Å²) < 4.78 is 5.64. The Kier molecular flexibility index (Phi) is 8.50. The fraction of sp³-hybridized carbons (Fsp3) is 0.320. The van der Waals surface area contributed by atoms with Gasteiger partial charge in [-0.25, -0.2) is 0 Å². The molecule has 1 aromatic heterocycles. The number of rotatable bonds is 10. The Labute approximate surface area is 217 Å². The van der Waals surface area contributed by atoms with Gasteiger partial charge in [-0.3, -0.25) is 19.7 Å². The van der Waals surface area contributed by atoms with Gasteiger partial charge in [-0.05, 0) is 55.0 Å². The molecule has 1 atom stereocenters. The second kappa shape index (κ2) is 12.0. The first kappa shape index (κ1) is 25.6. The molecule has 188 valence electrons. The fourth-order valence-corrected chi connectivity index (χ4v) is 4.44. The molecule has 1 unspecified atom stereocenters. The van der Waals surface area contributed by atoms with Crippen LogP contribution in [0, 0.1) is 5.92 Å². The maximum absolute atomic E-state index is 12.6. The van der Waals surface area contributed by atoms with E-state index in [1.54, 1.807) is 53.4 Å². The van der Waals surface area contributed by atoms with Crippen LogP contribution in [0.5, 0.6) is 5.75 Å². The van der Waals surface area contributed by atoms with E-state index in [4.69, 9.17) is 16.3 Å². The van der Waals surface area contributed by atoms with Gasteiger partial charge in [0, 0.05) is 35.8 Å². The molecule has 0 spiro atoms. The summed E-state index contributed by atoms with van der Waals surface area (Å²) in [5.41, 5.74) is 0.970. The topological polar surface area (TPSA) is 114 Å². The number of benzene rings is 2. The molecule has 36 heavy (non-hydrogen) atoms. The van der Waals surface area contributed by atoms with E-state index in [0.717, 1.165) is 12.8 Å². The van der Waals surface area contributed by atoms with Gasteiger partial charge in [0.05, 0.1) is 5.92 Å². The number of aromatic nitrogens is 2. The number of carbonyl (C=O) groups excluding carboxylic acids is 3. The Morgan fingerprint density at radius 3 is 2.58 bits per heavy atom. The molecule has 4 rings (SSSR count). The zero-order valence-corrected chi connectivity index (χ0v) is 21.3. The largest absolute Gasteiger partial charge is 0.486 e. The lowest BCUT2D eigenvalue weighted by Crippen LogP contribution is -2.29. The van der Waals surface area contributed by atoms with Gasteiger partial charge < -0.3 is 15.0 Å². The first-order valence-corrected chi connectivity index (χ1v) is 12.8. The Bertz CT molecular complexity index is 1220. The van der Waals surface area contributed by atoms with Crippen molar-refractivity contribution in [3.63, 3.8) is 0 Å². The van der Waals surface area contributed by atoms with Crippen LogP contribution < -0.4 is 15.4 Å². The van der Waals surface area contributed by atoms with Crippen molar-refractivity contribution in [1.82, 2.24) is 15.1 Å². The minimum absolute atomic E-state index is 0.0204. The number of carbonyl (C=O) groups is 3. The van der Waals surface area contributed by atoms with Gasteiger partial charge in [-0.15, -0.1) is 10.2 Å². The van der Waals surface area contributed by atoms with Gasteiger partial charge >= 0.3 is 0 Å². The normalized spacial score (nSPS) is 15.1. The zero-order valence-electron chi connectivity index (χ0n) is 19.7. The molecule has 1 saturated heterocycles. The zero-order chi connectivity index (χ0) is 25.5. The number of hydrogen-bond donors (Lipinski definition) is 2. The third-order valence-corrected chi connectivity index (χ3v) is 6.71. The predicted molar refractivity (Wildman–Crippen MR) is 138 cm³/mol. The average Bonchev–Trinajstić information content (AvgIpc) is 3.48. The van der Waals surface area contributed by atoms with E-state index in [9.17, 15) is 14.4 Å². The summed E-state index contributed by atoms with van der Waals surface area (Å²) in [6.07, 6.45) is 2.16. The smallest absolute Gasteiger partial charge is 0.257 e. The van der Waals surface area contributed by atoms with Crippen LogP contribution >= 0.6 is 22.9 Å². The minimum Gasteiger partial charge on any atom is -0.486 e. The third kappa shape index (κ3) is 6.79. The maximum atomic E-state index is 12.6. The summed E-state index contributed by atoms with van der Waals surface area (Å²) in [5, 5.41) is 15.2. The Hall–Kier alpha value is -3.50. The van der Waals surface area contributed by atoms with E-state index in [1.807, 2.05) is 0 Å². The van der Waals surface area contributed by atoms with Crippen molar-refractivity contribution in [1.29, 1.82) is 0 Å². The van der Waals surface area contributed by atoms with Gasteiger partial charge in [0.25, 0.3) is 5.91 Å². The number of nitrogens with zero attached hydrogens (tertiary/aromatic N) is 3. The van der Waals surface area contributed by atoms with Crippen LogP contribution in [0.2, 0.25) is 5.02 Å². The highest BCUT2D eigenvalue weighted by atomic mass is 35.5. The molecule has 2 heterocycles. The van der Waals surface area contributed by atoms with Gasteiger partial charge in [-0.1, -0.05) is 36.3 Å². The van der Waals surface area contributed by atoms with E-state index < -0.39 is 0 Å². The standard InChI is InChI=1S/C25H26ClN5O4S/c1-2-3-12-31-14-17(13-22(31)32)24(34)27-19-8-4-16(5-9-19)23(33)28-25-30-29-21(36-25)15-35-20-10-6-18(26)7-11-20/h4-11,17H,2-3,12-15H2,1H3,(H,27,34)(H,28,30,33). The second-order valence-electron chi connectivity index (χ2n) is 8.36. The van der Waals surface area contributed by atoms with E-state index >= 15 is 0 Å². The van der Waals surface area contributed by atoms with Crippen molar-refractivity contribution in [2.45, 2.75) is 32.8 Å². The monoisotopic (exact) mass is 527 g/mol. The molecule has 0 saturated carbocycles. The molecular formula is C25H26ClN5O4S. The summed E-state index contributed by atoms with van der Waals surface area (Å²) in [5.74, 6) is -0.232. The van der Waals surface area contributed by atoms with Crippen molar-refractivity contribution >= 4 is 51.5 Å². The molecule has 9 nitrogen and oxygen atoms in total. The number of nitrogens with one attached hydrogen (secondary N) is 2. The molecule has 0 aliphatic carbocycles. The molecule has 11 heteroatoms. The molecule has 3 aromatic rings. The lowest BCUT2D eigenvalue weighted by molar-refractivity contribution is -0.128. The maximum Gasteiger partial charge on any atom is 0.257 e. The highest BCUT2D eigenvalue weighted by Gasteiger charge is 2.33. The number of halogens is 1. The Morgan fingerprint density at radius 2 is 1.86 bits per heavy atom. The molecule has 2 aromatic carbocycles. The van der Waals surface area contributed by atoms with Crippen molar-refractivity contribution in [3.8, 4) is 5.75 Å². The van der Waals surface area contributed by atoms with E-state index in [-0.39, 0.29) is 36.7 Å². The summed E-state index contributed by atoms with van der Waals surface area (Å²) >= 11 is 7.08. The Morgan fingerprint density at radius 1 is 1.11 bits per heavy atom. The summed E-state index contributed by atoms with van der Waals surface area (Å²) in [7, 11) is 0. The molecule has 1 aliphatic heterocycles. The minimum atomic E-state index is -0.368. The number of ether oxygens (including phenoxy) is 1. The van der Waals surface area contributed by atoms with Crippen LogP contribution in [0.15, 0.2) is 48.5 Å². The van der Waals surface area contributed by atoms with Gasteiger partial charge in [0.2, 0.25) is 16.9 Å². The molecule has 3 amide bonds. The number of anilines is 2. The lowest BCUT2D eigenvalue weighted by atomic mass is 10.1. The number of unbranched alkanes of at least 4 members (excludes halogenated alkanes) is 1. The van der Waals surface area contributed by atoms with Crippen LogP contribution in [0.4, 0.5) is 10.8 Å². The highest BCUT2D eigenvalue weighted by Crippen LogP contribution is 2.22. The fourth-order valence-electron chi connectivity index (χ4n) is 3.67. The lowest BCUT2D eigenvalue weighted by Gasteiger charge is -2.16. The second-order valence-corrected chi connectivity index (χ2v) is 9.86. The number of likely N-dealkylation sites (tertiary alicyclic amines) is 1. The van der Waals surface area contributed by atoms with Crippen LogP contribution in [-0.2, 0) is 16.2 Å². The van der Waals surface area contributed by atoms with Crippen molar-refractivity contribution < 1.29 is 19.1 Å². The average molecular weight is 528 g/mol. The van der Waals surface area contributed by atoms with Gasteiger partial charge in [0.15, 0.2) is 5.01 Å². The van der Waals surface area contributed by atoms with Crippen LogP contribution in [0.25, 0.3) is 0 Å². The molecule has 1 aliphatic rings. The summed E-state index contributed by atoms with van der Waals surface area (Å²) in [6.45, 7) is 3.42. The van der Waals surface area contributed by atoms with Crippen LogP contribution in [-0.4, -0.2) is 45.9 Å². The predicted octanol–water partition coefficient (Wildman–Crippen LogP) is 4.61. The molecule has 1 fully saturated rings. The third-order valence-electron chi connectivity index (χ3n) is 5.64.